The third-order valence-electron chi connectivity index (χ3n) is 5.49. The van der Waals surface area contributed by atoms with Crippen molar-refractivity contribution < 1.29 is 18.7 Å². The fourth-order valence-electron chi connectivity index (χ4n) is 3.74. The standard InChI is InChI=1S/C27H26N2O4/c1-18-10-9-11-19(2)25(18)28-24(30)16-29(3)27(31)26-22(17-32-20-12-5-4-6-13-20)21-14-7-8-15-23(21)33-26/h4-15H,16-17H2,1-3H3,(H,28,30). The molecule has 0 radical (unpaired) electrons. The molecule has 3 aromatic carbocycles. The zero-order valence-electron chi connectivity index (χ0n) is 18.9. The van der Waals surface area contributed by atoms with Crippen LogP contribution >= 0.6 is 0 Å². The molecule has 6 nitrogen and oxygen atoms in total. The lowest BCUT2D eigenvalue weighted by Crippen LogP contribution is -2.35. The van der Waals surface area contributed by atoms with Crippen LogP contribution in [0.5, 0.6) is 5.75 Å². The summed E-state index contributed by atoms with van der Waals surface area (Å²) in [6.07, 6.45) is 0. The highest BCUT2D eigenvalue weighted by Crippen LogP contribution is 2.28. The summed E-state index contributed by atoms with van der Waals surface area (Å²) in [4.78, 5) is 27.3. The second-order valence-electron chi connectivity index (χ2n) is 7.98. The largest absolute Gasteiger partial charge is 0.489 e. The summed E-state index contributed by atoms with van der Waals surface area (Å²) in [5, 5.41) is 3.73. The van der Waals surface area contributed by atoms with Crippen LogP contribution in [0, 0.1) is 13.8 Å². The first-order chi connectivity index (χ1) is 15.9. The Morgan fingerprint density at radius 3 is 2.30 bits per heavy atom. The van der Waals surface area contributed by atoms with Gasteiger partial charge in [0.25, 0.3) is 5.91 Å². The van der Waals surface area contributed by atoms with Gasteiger partial charge in [0.15, 0.2) is 5.76 Å². The summed E-state index contributed by atoms with van der Waals surface area (Å²) in [5.74, 6) is 0.216. The average Bonchev–Trinajstić information content (AvgIpc) is 3.19. The quantitative estimate of drug-likeness (QED) is 0.419. The number of carbonyl (C=O) groups is 2. The summed E-state index contributed by atoms with van der Waals surface area (Å²) in [6.45, 7) is 3.93. The minimum Gasteiger partial charge on any atom is -0.489 e. The topological polar surface area (TPSA) is 71.8 Å². The van der Waals surface area contributed by atoms with E-state index in [0.717, 1.165) is 22.2 Å². The number of benzene rings is 3. The number of ether oxygens (including phenoxy) is 1. The molecule has 0 saturated heterocycles. The number of hydrogen-bond donors (Lipinski definition) is 1. The Morgan fingerprint density at radius 2 is 1.58 bits per heavy atom. The fourth-order valence-corrected chi connectivity index (χ4v) is 3.74. The Kier molecular flexibility index (Phi) is 6.45. The van der Waals surface area contributed by atoms with Crippen molar-refractivity contribution in [2.75, 3.05) is 18.9 Å². The van der Waals surface area contributed by atoms with E-state index in [-0.39, 0.29) is 30.7 Å². The maximum atomic E-state index is 13.3. The number of anilines is 1. The molecule has 0 aliphatic carbocycles. The molecule has 2 amide bonds. The van der Waals surface area contributed by atoms with Crippen molar-refractivity contribution >= 4 is 28.5 Å². The molecule has 1 N–H and O–H groups in total. The monoisotopic (exact) mass is 442 g/mol. The Labute approximate surface area is 192 Å². The van der Waals surface area contributed by atoms with Gasteiger partial charge in [-0.2, -0.15) is 0 Å². The molecular weight excluding hydrogens is 416 g/mol. The second kappa shape index (κ2) is 9.61. The summed E-state index contributed by atoms with van der Waals surface area (Å²) in [5.41, 5.74) is 3.95. The van der Waals surface area contributed by atoms with Gasteiger partial charge >= 0.3 is 0 Å². The molecule has 0 aliphatic rings. The van der Waals surface area contributed by atoms with Gasteiger partial charge in [-0.3, -0.25) is 9.59 Å². The van der Waals surface area contributed by atoms with Gasteiger partial charge in [-0.15, -0.1) is 0 Å². The maximum absolute atomic E-state index is 13.3. The summed E-state index contributed by atoms with van der Waals surface area (Å²) in [6, 6.07) is 22.7. The zero-order chi connectivity index (χ0) is 23.4. The lowest BCUT2D eigenvalue weighted by Gasteiger charge is -2.18. The van der Waals surface area contributed by atoms with Crippen LogP contribution in [0.3, 0.4) is 0 Å². The van der Waals surface area contributed by atoms with Crippen LogP contribution in [0.2, 0.25) is 0 Å². The van der Waals surface area contributed by atoms with E-state index in [4.69, 9.17) is 9.15 Å². The van der Waals surface area contributed by atoms with Gasteiger partial charge in [0, 0.05) is 23.7 Å². The van der Waals surface area contributed by atoms with Crippen LogP contribution in [-0.4, -0.2) is 30.3 Å². The molecule has 0 bridgehead atoms. The van der Waals surface area contributed by atoms with E-state index < -0.39 is 0 Å². The Hall–Kier alpha value is -4.06. The van der Waals surface area contributed by atoms with Crippen molar-refractivity contribution in [1.82, 2.24) is 4.90 Å². The van der Waals surface area contributed by atoms with E-state index in [9.17, 15) is 9.59 Å². The molecule has 33 heavy (non-hydrogen) atoms. The molecule has 6 heteroatoms. The zero-order valence-corrected chi connectivity index (χ0v) is 18.9. The van der Waals surface area contributed by atoms with Crippen molar-refractivity contribution in [1.29, 1.82) is 0 Å². The Balaban J connectivity index is 1.53. The molecule has 168 valence electrons. The van der Waals surface area contributed by atoms with Crippen molar-refractivity contribution in [3.8, 4) is 5.75 Å². The minimum atomic E-state index is -0.380. The van der Waals surface area contributed by atoms with Crippen molar-refractivity contribution in [2.45, 2.75) is 20.5 Å². The van der Waals surface area contributed by atoms with Gasteiger partial charge in [-0.25, -0.2) is 0 Å². The van der Waals surface area contributed by atoms with E-state index in [1.54, 1.807) is 7.05 Å². The highest BCUT2D eigenvalue weighted by molar-refractivity contribution is 6.02. The first kappa shape index (κ1) is 22.1. The van der Waals surface area contributed by atoms with E-state index in [1.165, 1.54) is 4.90 Å². The molecule has 4 rings (SSSR count). The molecule has 0 fully saturated rings. The number of para-hydroxylation sites is 3. The highest BCUT2D eigenvalue weighted by Gasteiger charge is 2.25. The molecule has 0 unspecified atom stereocenters. The molecule has 1 aromatic heterocycles. The first-order valence-corrected chi connectivity index (χ1v) is 10.7. The number of carbonyl (C=O) groups excluding carboxylic acids is 2. The number of aryl methyl sites for hydroxylation is 2. The average molecular weight is 443 g/mol. The third kappa shape index (κ3) is 4.90. The molecule has 0 spiro atoms. The number of nitrogens with one attached hydrogen (secondary N) is 1. The molecule has 0 aliphatic heterocycles. The second-order valence-corrected chi connectivity index (χ2v) is 7.98. The Bertz CT molecular complexity index is 1270. The van der Waals surface area contributed by atoms with Crippen LogP contribution in [0.15, 0.2) is 77.2 Å². The van der Waals surface area contributed by atoms with E-state index in [0.29, 0.717) is 16.9 Å². The van der Waals surface area contributed by atoms with Gasteiger partial charge in [0.1, 0.15) is 17.9 Å². The highest BCUT2D eigenvalue weighted by atomic mass is 16.5. The summed E-state index contributed by atoms with van der Waals surface area (Å²) >= 11 is 0. The van der Waals surface area contributed by atoms with Crippen molar-refractivity contribution in [3.05, 3.63) is 95.2 Å². The molecule has 0 saturated carbocycles. The summed E-state index contributed by atoms with van der Waals surface area (Å²) in [7, 11) is 1.58. The number of rotatable bonds is 7. The van der Waals surface area contributed by atoms with Crippen LogP contribution in [0.1, 0.15) is 27.2 Å². The van der Waals surface area contributed by atoms with Crippen molar-refractivity contribution in [2.24, 2.45) is 0 Å². The van der Waals surface area contributed by atoms with Gasteiger partial charge in [0.05, 0.1) is 6.54 Å². The number of nitrogens with zero attached hydrogens (tertiary/aromatic N) is 1. The SMILES string of the molecule is Cc1cccc(C)c1NC(=O)CN(C)C(=O)c1oc2ccccc2c1COc1ccccc1. The molecule has 4 aromatic rings. The predicted molar refractivity (Wildman–Crippen MR) is 128 cm³/mol. The van der Waals surface area contributed by atoms with Crippen LogP contribution < -0.4 is 10.1 Å². The van der Waals surface area contributed by atoms with E-state index in [2.05, 4.69) is 5.32 Å². The van der Waals surface area contributed by atoms with Gasteiger partial charge in [0.2, 0.25) is 5.91 Å². The van der Waals surface area contributed by atoms with Crippen LogP contribution in [-0.2, 0) is 11.4 Å². The smallest absolute Gasteiger partial charge is 0.290 e. The van der Waals surface area contributed by atoms with Crippen LogP contribution in [0.25, 0.3) is 11.0 Å². The number of likely N-dealkylation sites (N-methyl/N-ethyl adjacent to an activating group) is 1. The number of fused-ring (bicyclic) bond motifs is 1. The molecular formula is C27H26N2O4. The lowest BCUT2D eigenvalue weighted by molar-refractivity contribution is -0.116. The summed E-state index contributed by atoms with van der Waals surface area (Å²) < 4.78 is 11.8. The number of furan rings is 1. The minimum absolute atomic E-state index is 0.108. The first-order valence-electron chi connectivity index (χ1n) is 10.7. The van der Waals surface area contributed by atoms with E-state index >= 15 is 0 Å². The normalized spacial score (nSPS) is 10.8. The number of hydrogen-bond acceptors (Lipinski definition) is 4. The van der Waals surface area contributed by atoms with Crippen molar-refractivity contribution in [3.63, 3.8) is 0 Å². The Morgan fingerprint density at radius 1 is 0.909 bits per heavy atom. The fraction of sp³-hybridized carbons (Fsp3) is 0.185. The predicted octanol–water partition coefficient (Wildman–Crippen LogP) is 5.34. The number of amides is 2. The van der Waals surface area contributed by atoms with Gasteiger partial charge in [-0.1, -0.05) is 54.6 Å². The maximum Gasteiger partial charge on any atom is 0.290 e. The molecule has 1 heterocycles. The molecule has 0 atom stereocenters. The lowest BCUT2D eigenvalue weighted by atomic mass is 10.1. The van der Waals surface area contributed by atoms with Gasteiger partial charge in [-0.05, 0) is 43.2 Å². The van der Waals surface area contributed by atoms with E-state index in [1.807, 2.05) is 86.6 Å². The van der Waals surface area contributed by atoms with Crippen LogP contribution in [0.4, 0.5) is 5.69 Å². The third-order valence-corrected chi connectivity index (χ3v) is 5.49. The van der Waals surface area contributed by atoms with Gasteiger partial charge < -0.3 is 19.4 Å².